The molecule has 0 fully saturated rings. The summed E-state index contributed by atoms with van der Waals surface area (Å²) in [4.78, 5) is 43.2. The van der Waals surface area contributed by atoms with Crippen molar-refractivity contribution < 1.29 is 23.9 Å². The van der Waals surface area contributed by atoms with Crippen LogP contribution in [0.2, 0.25) is 0 Å². The highest BCUT2D eigenvalue weighted by molar-refractivity contribution is 8.00. The topological polar surface area (TPSA) is 119 Å². The van der Waals surface area contributed by atoms with E-state index in [1.54, 1.807) is 103 Å². The first-order valence-corrected chi connectivity index (χ1v) is 13.5. The number of benzene rings is 3. The zero-order chi connectivity index (χ0) is 29.0. The van der Waals surface area contributed by atoms with E-state index in [4.69, 9.17) is 9.47 Å². The molecule has 0 spiro atoms. The molecule has 0 saturated heterocycles. The zero-order valence-corrected chi connectivity index (χ0v) is 23.2. The lowest BCUT2D eigenvalue weighted by molar-refractivity contribution is -0.114. The number of nitrogens with one attached hydrogen (secondary N) is 3. The maximum Gasteiger partial charge on any atom is 0.272 e. The molecule has 0 unspecified atom stereocenters. The predicted octanol–water partition coefficient (Wildman–Crippen LogP) is 5.24. The van der Waals surface area contributed by atoms with Crippen LogP contribution in [0, 0.1) is 0 Å². The minimum absolute atomic E-state index is 0.0392. The van der Waals surface area contributed by atoms with E-state index >= 15 is 0 Å². The molecule has 208 valence electrons. The third-order valence-corrected chi connectivity index (χ3v) is 6.71. The average Bonchev–Trinajstić information content (AvgIpc) is 3.01. The second kappa shape index (κ2) is 14.3. The molecule has 41 heavy (non-hydrogen) atoms. The number of hydrogen-bond acceptors (Lipinski definition) is 7. The third-order valence-electron chi connectivity index (χ3n) is 5.69. The van der Waals surface area contributed by atoms with Gasteiger partial charge in [0, 0.05) is 34.2 Å². The van der Waals surface area contributed by atoms with E-state index in [2.05, 4.69) is 20.9 Å². The van der Waals surface area contributed by atoms with Gasteiger partial charge in [0.15, 0.2) is 11.5 Å². The number of ether oxygens (including phenoxy) is 2. The van der Waals surface area contributed by atoms with Gasteiger partial charge in [0.2, 0.25) is 5.91 Å². The number of carbonyl (C=O) groups is 3. The Balaban J connectivity index is 1.46. The summed E-state index contributed by atoms with van der Waals surface area (Å²) >= 11 is 1.37. The molecule has 3 amide bonds. The van der Waals surface area contributed by atoms with Gasteiger partial charge in [-0.25, -0.2) is 0 Å². The van der Waals surface area contributed by atoms with Gasteiger partial charge in [-0.15, -0.1) is 11.8 Å². The van der Waals surface area contributed by atoms with Crippen molar-refractivity contribution in [1.29, 1.82) is 0 Å². The standard InChI is InChI=1S/C31H28N4O5S/c1-39-27-13-8-21(19-28(27)40-2)18-26(35-30(37)22-6-4-3-5-7-22)31(38)34-23-9-11-25(12-10-23)41-20-29(36)33-24-14-16-32-17-15-24/h3-19H,20H2,1-2H3,(H,34,38)(H,35,37)(H,32,33,36)/b26-18-. The fourth-order valence-corrected chi connectivity index (χ4v) is 4.36. The average molecular weight is 569 g/mol. The highest BCUT2D eigenvalue weighted by Crippen LogP contribution is 2.28. The number of aromatic nitrogens is 1. The Morgan fingerprint density at radius 2 is 1.49 bits per heavy atom. The summed E-state index contributed by atoms with van der Waals surface area (Å²) in [6, 6.07) is 24.3. The summed E-state index contributed by atoms with van der Waals surface area (Å²) in [5.74, 6) is 0.162. The highest BCUT2D eigenvalue weighted by atomic mass is 32.2. The van der Waals surface area contributed by atoms with Crippen molar-refractivity contribution in [2.75, 3.05) is 30.6 Å². The highest BCUT2D eigenvalue weighted by Gasteiger charge is 2.16. The van der Waals surface area contributed by atoms with Gasteiger partial charge in [0.05, 0.1) is 20.0 Å². The second-order valence-corrected chi connectivity index (χ2v) is 9.59. The lowest BCUT2D eigenvalue weighted by atomic mass is 10.1. The van der Waals surface area contributed by atoms with E-state index in [1.165, 1.54) is 26.0 Å². The number of pyridine rings is 1. The second-order valence-electron chi connectivity index (χ2n) is 8.54. The third kappa shape index (κ3) is 8.45. The molecule has 0 radical (unpaired) electrons. The summed E-state index contributed by atoms with van der Waals surface area (Å²) in [5.41, 5.74) is 2.27. The van der Waals surface area contributed by atoms with Crippen molar-refractivity contribution >= 4 is 46.9 Å². The SMILES string of the molecule is COc1ccc(/C=C(\NC(=O)c2ccccc2)C(=O)Nc2ccc(SCC(=O)Nc3ccncc3)cc2)cc1OC. The van der Waals surface area contributed by atoms with Crippen molar-refractivity contribution in [3.8, 4) is 11.5 Å². The van der Waals surface area contributed by atoms with Gasteiger partial charge in [-0.2, -0.15) is 0 Å². The van der Waals surface area contributed by atoms with Gasteiger partial charge >= 0.3 is 0 Å². The Morgan fingerprint density at radius 1 is 0.805 bits per heavy atom. The summed E-state index contributed by atoms with van der Waals surface area (Å²) in [6.07, 6.45) is 4.78. The summed E-state index contributed by atoms with van der Waals surface area (Å²) in [7, 11) is 3.05. The fraction of sp³-hybridized carbons (Fsp3) is 0.0968. The van der Waals surface area contributed by atoms with Crippen molar-refractivity contribution in [2.45, 2.75) is 4.90 Å². The van der Waals surface area contributed by atoms with Crippen LogP contribution in [-0.4, -0.2) is 42.7 Å². The lowest BCUT2D eigenvalue weighted by Gasteiger charge is -2.13. The molecular formula is C31H28N4O5S. The van der Waals surface area contributed by atoms with Crippen LogP contribution in [0.4, 0.5) is 11.4 Å². The van der Waals surface area contributed by atoms with Crippen LogP contribution >= 0.6 is 11.8 Å². The molecule has 10 heteroatoms. The van der Waals surface area contributed by atoms with E-state index in [0.717, 1.165) is 4.90 Å². The number of thioether (sulfide) groups is 1. The van der Waals surface area contributed by atoms with Gasteiger partial charge in [-0.3, -0.25) is 19.4 Å². The Kier molecular flexibility index (Phi) is 10.1. The number of amides is 3. The van der Waals surface area contributed by atoms with E-state index < -0.39 is 11.8 Å². The van der Waals surface area contributed by atoms with Crippen LogP contribution < -0.4 is 25.4 Å². The molecule has 0 aliphatic heterocycles. The number of carbonyl (C=O) groups excluding carboxylic acids is 3. The van der Waals surface area contributed by atoms with Gasteiger partial charge in [0.1, 0.15) is 5.70 Å². The number of rotatable bonds is 11. The molecule has 3 aromatic carbocycles. The minimum Gasteiger partial charge on any atom is -0.493 e. The number of anilines is 2. The molecule has 0 atom stereocenters. The summed E-state index contributed by atoms with van der Waals surface area (Å²) < 4.78 is 10.7. The maximum atomic E-state index is 13.3. The molecule has 0 bridgehead atoms. The fourth-order valence-electron chi connectivity index (χ4n) is 3.67. The molecule has 3 N–H and O–H groups in total. The van der Waals surface area contributed by atoms with Crippen molar-refractivity contribution in [3.63, 3.8) is 0 Å². The van der Waals surface area contributed by atoms with Crippen molar-refractivity contribution in [2.24, 2.45) is 0 Å². The number of methoxy groups -OCH3 is 2. The van der Waals surface area contributed by atoms with Gasteiger partial charge in [-0.1, -0.05) is 24.3 Å². The van der Waals surface area contributed by atoms with Crippen LogP contribution in [0.1, 0.15) is 15.9 Å². The number of hydrogen-bond donors (Lipinski definition) is 3. The van der Waals surface area contributed by atoms with E-state index in [1.807, 2.05) is 0 Å². The van der Waals surface area contributed by atoms with Crippen LogP contribution in [0.15, 0.2) is 108 Å². The molecule has 0 saturated carbocycles. The molecule has 4 aromatic rings. The molecule has 0 aliphatic rings. The predicted molar refractivity (Wildman–Crippen MR) is 160 cm³/mol. The van der Waals surface area contributed by atoms with Crippen LogP contribution in [0.5, 0.6) is 11.5 Å². The van der Waals surface area contributed by atoms with Gasteiger partial charge in [-0.05, 0) is 72.3 Å². The lowest BCUT2D eigenvalue weighted by Crippen LogP contribution is -2.30. The Hall–Kier alpha value is -5.09. The van der Waals surface area contributed by atoms with Crippen molar-refractivity contribution in [3.05, 3.63) is 114 Å². The normalized spacial score (nSPS) is 10.8. The number of nitrogens with zero attached hydrogens (tertiary/aromatic N) is 1. The quantitative estimate of drug-likeness (QED) is 0.167. The van der Waals surface area contributed by atoms with Gasteiger partial charge < -0.3 is 25.4 Å². The molecular weight excluding hydrogens is 540 g/mol. The van der Waals surface area contributed by atoms with Crippen LogP contribution in [-0.2, 0) is 9.59 Å². The minimum atomic E-state index is -0.513. The molecule has 1 aromatic heterocycles. The first kappa shape index (κ1) is 28.9. The molecule has 1 heterocycles. The van der Waals surface area contributed by atoms with Crippen LogP contribution in [0.3, 0.4) is 0 Å². The summed E-state index contributed by atoms with van der Waals surface area (Å²) in [6.45, 7) is 0. The Labute approximate surface area is 242 Å². The molecule has 9 nitrogen and oxygen atoms in total. The largest absolute Gasteiger partial charge is 0.493 e. The monoisotopic (exact) mass is 568 g/mol. The molecule has 0 aliphatic carbocycles. The van der Waals surface area contributed by atoms with Crippen LogP contribution in [0.25, 0.3) is 6.08 Å². The maximum absolute atomic E-state index is 13.3. The first-order chi connectivity index (χ1) is 19.9. The smallest absolute Gasteiger partial charge is 0.272 e. The zero-order valence-electron chi connectivity index (χ0n) is 22.4. The Bertz CT molecular complexity index is 1530. The first-order valence-electron chi connectivity index (χ1n) is 12.5. The molecule has 4 rings (SSSR count). The van der Waals surface area contributed by atoms with Crippen molar-refractivity contribution in [1.82, 2.24) is 10.3 Å². The van der Waals surface area contributed by atoms with E-state index in [0.29, 0.717) is 34.0 Å². The Morgan fingerprint density at radius 3 is 2.17 bits per heavy atom. The van der Waals surface area contributed by atoms with E-state index in [-0.39, 0.29) is 17.4 Å². The van der Waals surface area contributed by atoms with Gasteiger partial charge in [0.25, 0.3) is 11.8 Å². The van der Waals surface area contributed by atoms with E-state index in [9.17, 15) is 14.4 Å². The summed E-state index contributed by atoms with van der Waals surface area (Å²) in [5, 5.41) is 8.35.